The minimum atomic E-state index is -1.23. The van der Waals surface area contributed by atoms with Gasteiger partial charge in [0.1, 0.15) is 16.9 Å². The summed E-state index contributed by atoms with van der Waals surface area (Å²) in [6.07, 6.45) is 0. The topological polar surface area (TPSA) is 57.2 Å². The molecule has 98 valence electrons. The molecule has 1 aromatic heterocycles. The normalized spacial score (nSPS) is 13.8. The van der Waals surface area contributed by atoms with Crippen LogP contribution in [0.15, 0.2) is 59.0 Å². The first-order chi connectivity index (χ1) is 9.61. The molecule has 3 rings (SSSR count). The van der Waals surface area contributed by atoms with Crippen molar-refractivity contribution in [1.29, 1.82) is 5.26 Å². The second-order valence-corrected chi connectivity index (χ2v) is 4.91. The van der Waals surface area contributed by atoms with E-state index >= 15 is 0 Å². The Morgan fingerprint density at radius 3 is 2.45 bits per heavy atom. The smallest absolute Gasteiger partial charge is 0.144 e. The molecule has 2 aromatic carbocycles. The first-order valence-electron chi connectivity index (χ1n) is 6.33. The predicted octanol–water partition coefficient (Wildman–Crippen LogP) is 3.56. The molecule has 0 amide bonds. The van der Waals surface area contributed by atoms with E-state index in [0.717, 1.165) is 11.0 Å². The van der Waals surface area contributed by atoms with E-state index in [4.69, 9.17) is 9.68 Å². The van der Waals surface area contributed by atoms with Gasteiger partial charge < -0.3 is 9.52 Å². The molecule has 1 unspecified atom stereocenters. The van der Waals surface area contributed by atoms with Gasteiger partial charge >= 0.3 is 0 Å². The van der Waals surface area contributed by atoms with Crippen LogP contribution >= 0.6 is 0 Å². The van der Waals surface area contributed by atoms with Crippen LogP contribution in [0.4, 0.5) is 0 Å². The van der Waals surface area contributed by atoms with Crippen LogP contribution in [0.2, 0.25) is 0 Å². The lowest BCUT2D eigenvalue weighted by molar-refractivity contribution is 0.0786. The molecule has 1 heterocycles. The second-order valence-electron chi connectivity index (χ2n) is 4.91. The van der Waals surface area contributed by atoms with Gasteiger partial charge in [0.15, 0.2) is 0 Å². The van der Waals surface area contributed by atoms with Crippen LogP contribution in [0.3, 0.4) is 0 Å². The third-order valence-electron chi connectivity index (χ3n) is 3.48. The van der Waals surface area contributed by atoms with Crippen molar-refractivity contribution in [3.05, 3.63) is 71.5 Å². The second kappa shape index (κ2) is 4.52. The Balaban J connectivity index is 2.07. The van der Waals surface area contributed by atoms with Gasteiger partial charge in [-0.1, -0.05) is 30.3 Å². The van der Waals surface area contributed by atoms with Crippen molar-refractivity contribution in [2.75, 3.05) is 0 Å². The zero-order valence-corrected chi connectivity index (χ0v) is 11.0. The summed E-state index contributed by atoms with van der Waals surface area (Å²) in [6, 6.07) is 18.4. The van der Waals surface area contributed by atoms with Gasteiger partial charge in [0.25, 0.3) is 0 Å². The monoisotopic (exact) mass is 263 g/mol. The summed E-state index contributed by atoms with van der Waals surface area (Å²) >= 11 is 0. The highest BCUT2D eigenvalue weighted by atomic mass is 16.4. The number of hydrogen-bond acceptors (Lipinski definition) is 3. The van der Waals surface area contributed by atoms with Crippen LogP contribution in [0, 0.1) is 11.3 Å². The molecule has 0 aliphatic rings. The largest absolute Gasteiger partial charge is 0.458 e. The summed E-state index contributed by atoms with van der Waals surface area (Å²) in [5.41, 5.74) is 0.772. The third-order valence-corrected chi connectivity index (χ3v) is 3.48. The molecule has 20 heavy (non-hydrogen) atoms. The number of hydrogen-bond donors (Lipinski definition) is 1. The summed E-state index contributed by atoms with van der Waals surface area (Å²) in [5.74, 6) is 0.489. The van der Waals surface area contributed by atoms with Gasteiger partial charge in [-0.3, -0.25) is 0 Å². The van der Waals surface area contributed by atoms with Crippen molar-refractivity contribution in [2.24, 2.45) is 0 Å². The number of fused-ring (bicyclic) bond motifs is 1. The molecule has 0 fully saturated rings. The highest BCUT2D eigenvalue weighted by molar-refractivity contribution is 5.78. The fourth-order valence-electron chi connectivity index (χ4n) is 2.23. The summed E-state index contributed by atoms with van der Waals surface area (Å²) in [4.78, 5) is 0. The predicted molar refractivity (Wildman–Crippen MR) is 76.0 cm³/mol. The number of benzene rings is 2. The first-order valence-corrected chi connectivity index (χ1v) is 6.33. The van der Waals surface area contributed by atoms with Crippen LogP contribution in [0.5, 0.6) is 0 Å². The SMILES string of the molecule is CC(O)(c1ccc(C#N)cc1)c1cc2ccccc2o1. The van der Waals surface area contributed by atoms with Crippen molar-refractivity contribution in [2.45, 2.75) is 12.5 Å². The van der Waals surface area contributed by atoms with Gasteiger partial charge in [0.05, 0.1) is 11.6 Å². The molecule has 0 saturated carbocycles. The maximum absolute atomic E-state index is 10.7. The van der Waals surface area contributed by atoms with E-state index in [2.05, 4.69) is 6.07 Å². The van der Waals surface area contributed by atoms with Gasteiger partial charge in [0, 0.05) is 5.39 Å². The van der Waals surface area contributed by atoms with E-state index in [-0.39, 0.29) is 0 Å². The Morgan fingerprint density at radius 1 is 1.10 bits per heavy atom. The summed E-state index contributed by atoms with van der Waals surface area (Å²) in [5, 5.41) is 20.5. The van der Waals surface area contributed by atoms with E-state index < -0.39 is 5.60 Å². The minimum Gasteiger partial charge on any atom is -0.458 e. The maximum Gasteiger partial charge on any atom is 0.144 e. The molecule has 0 spiro atoms. The Morgan fingerprint density at radius 2 is 1.80 bits per heavy atom. The summed E-state index contributed by atoms with van der Waals surface area (Å²) in [6.45, 7) is 1.69. The highest BCUT2D eigenvalue weighted by Gasteiger charge is 2.29. The van der Waals surface area contributed by atoms with Crippen LogP contribution in [0.25, 0.3) is 11.0 Å². The van der Waals surface area contributed by atoms with Crippen LogP contribution < -0.4 is 0 Å². The molecule has 0 radical (unpaired) electrons. The van der Waals surface area contributed by atoms with E-state index in [1.54, 1.807) is 31.2 Å². The maximum atomic E-state index is 10.7. The fraction of sp³-hybridized carbons (Fsp3) is 0.118. The first kappa shape index (κ1) is 12.5. The third kappa shape index (κ3) is 1.97. The van der Waals surface area contributed by atoms with Gasteiger partial charge in [-0.2, -0.15) is 5.26 Å². The van der Waals surface area contributed by atoms with E-state index in [9.17, 15) is 5.11 Å². The highest BCUT2D eigenvalue weighted by Crippen LogP contribution is 2.33. The lowest BCUT2D eigenvalue weighted by atomic mass is 9.92. The Hall–Kier alpha value is -2.57. The average Bonchev–Trinajstić information content (AvgIpc) is 2.92. The van der Waals surface area contributed by atoms with Crippen molar-refractivity contribution in [1.82, 2.24) is 0 Å². The van der Waals surface area contributed by atoms with Crippen molar-refractivity contribution in [3.8, 4) is 6.07 Å². The Labute approximate surface area is 116 Å². The van der Waals surface area contributed by atoms with Crippen molar-refractivity contribution < 1.29 is 9.52 Å². The molecule has 3 nitrogen and oxygen atoms in total. The number of nitriles is 1. The van der Waals surface area contributed by atoms with Gasteiger partial charge in [-0.15, -0.1) is 0 Å². The quantitative estimate of drug-likeness (QED) is 0.769. The molecule has 0 aliphatic carbocycles. The van der Waals surface area contributed by atoms with E-state index in [0.29, 0.717) is 16.9 Å². The summed E-state index contributed by atoms with van der Waals surface area (Å²) < 4.78 is 5.73. The van der Waals surface area contributed by atoms with Crippen LogP contribution in [-0.4, -0.2) is 5.11 Å². The van der Waals surface area contributed by atoms with E-state index in [1.807, 2.05) is 30.3 Å². The molecule has 0 aliphatic heterocycles. The average molecular weight is 263 g/mol. The molecular weight excluding hydrogens is 250 g/mol. The zero-order valence-electron chi connectivity index (χ0n) is 11.0. The minimum absolute atomic E-state index is 0.489. The molecule has 0 saturated heterocycles. The van der Waals surface area contributed by atoms with Gasteiger partial charge in [-0.25, -0.2) is 0 Å². The lowest BCUT2D eigenvalue weighted by Crippen LogP contribution is -2.21. The molecule has 1 atom stereocenters. The molecular formula is C17H13NO2. The molecule has 3 heteroatoms. The van der Waals surface area contributed by atoms with Crippen molar-refractivity contribution in [3.63, 3.8) is 0 Å². The Bertz CT molecular complexity index is 759. The van der Waals surface area contributed by atoms with Gasteiger partial charge in [-0.05, 0) is 36.8 Å². The van der Waals surface area contributed by atoms with Gasteiger partial charge in [0.2, 0.25) is 0 Å². The standard InChI is InChI=1S/C17H13NO2/c1-17(19,14-8-6-12(11-18)7-9-14)16-10-13-4-2-3-5-15(13)20-16/h2-10,19H,1H3. The molecule has 3 aromatic rings. The zero-order chi connectivity index (χ0) is 14.2. The summed E-state index contributed by atoms with van der Waals surface area (Å²) in [7, 11) is 0. The number of furan rings is 1. The van der Waals surface area contributed by atoms with Crippen LogP contribution in [-0.2, 0) is 5.60 Å². The molecule has 0 bridgehead atoms. The number of nitrogens with zero attached hydrogens (tertiary/aromatic N) is 1. The Kier molecular flexibility index (Phi) is 2.81. The lowest BCUT2D eigenvalue weighted by Gasteiger charge is -2.21. The number of para-hydroxylation sites is 1. The number of aliphatic hydroxyl groups is 1. The molecule has 1 N–H and O–H groups in total. The van der Waals surface area contributed by atoms with E-state index in [1.165, 1.54) is 0 Å². The number of rotatable bonds is 2. The van der Waals surface area contributed by atoms with Crippen LogP contribution in [0.1, 0.15) is 23.8 Å². The van der Waals surface area contributed by atoms with Crippen molar-refractivity contribution >= 4 is 11.0 Å². The fourth-order valence-corrected chi connectivity index (χ4v) is 2.23.